The maximum absolute atomic E-state index is 12.9. The van der Waals surface area contributed by atoms with Gasteiger partial charge in [0.1, 0.15) is 11.4 Å². The third-order valence-electron chi connectivity index (χ3n) is 5.54. The zero-order chi connectivity index (χ0) is 20.8. The number of ether oxygens (including phenoxy) is 1. The number of hydrogen-bond acceptors (Lipinski definition) is 4. The Balaban J connectivity index is 1.57. The predicted molar refractivity (Wildman–Crippen MR) is 98.6 cm³/mol. The second kappa shape index (κ2) is 7.03. The van der Waals surface area contributed by atoms with Crippen LogP contribution in [-0.2, 0) is 5.54 Å². The fraction of sp³-hybridized carbons (Fsp3) is 0.550. The fourth-order valence-electron chi connectivity index (χ4n) is 3.58. The number of amides is 1. The van der Waals surface area contributed by atoms with Crippen LogP contribution in [0.3, 0.4) is 0 Å². The molecule has 4 rings (SSSR count). The highest BCUT2D eigenvalue weighted by atomic mass is 19.4. The van der Waals surface area contributed by atoms with Crippen molar-refractivity contribution in [3.63, 3.8) is 0 Å². The maximum atomic E-state index is 12.9. The van der Waals surface area contributed by atoms with Gasteiger partial charge >= 0.3 is 6.18 Å². The number of aromatic nitrogens is 3. The quantitative estimate of drug-likeness (QED) is 0.726. The van der Waals surface area contributed by atoms with Crippen LogP contribution in [0.15, 0.2) is 18.3 Å². The van der Waals surface area contributed by atoms with E-state index in [9.17, 15) is 18.0 Å². The lowest BCUT2D eigenvalue weighted by molar-refractivity contribution is -0.153. The minimum absolute atomic E-state index is 0.0331. The molecular formula is C20H23F3N4O2. The highest BCUT2D eigenvalue weighted by Crippen LogP contribution is 2.46. The molecule has 2 aromatic heterocycles. The lowest BCUT2D eigenvalue weighted by Gasteiger charge is -2.29. The van der Waals surface area contributed by atoms with Gasteiger partial charge in [0, 0.05) is 23.5 Å². The van der Waals surface area contributed by atoms with Gasteiger partial charge in [-0.25, -0.2) is 0 Å². The molecule has 2 saturated carbocycles. The molecule has 0 radical (unpaired) electrons. The van der Waals surface area contributed by atoms with Gasteiger partial charge in [0.25, 0.3) is 5.91 Å². The van der Waals surface area contributed by atoms with Crippen molar-refractivity contribution in [3.8, 4) is 5.75 Å². The first-order chi connectivity index (χ1) is 13.7. The van der Waals surface area contributed by atoms with Crippen molar-refractivity contribution in [1.29, 1.82) is 0 Å². The van der Waals surface area contributed by atoms with E-state index in [1.165, 1.54) is 12.3 Å². The summed E-state index contributed by atoms with van der Waals surface area (Å²) in [5, 5.41) is 10.2. The second-order valence-corrected chi connectivity index (χ2v) is 8.15. The van der Waals surface area contributed by atoms with Crippen LogP contribution in [0.5, 0.6) is 5.75 Å². The summed E-state index contributed by atoms with van der Waals surface area (Å²) in [6, 6.07) is 3.21. The number of aromatic amines is 1. The fourth-order valence-corrected chi connectivity index (χ4v) is 3.58. The minimum atomic E-state index is -4.45. The Labute approximate surface area is 166 Å². The van der Waals surface area contributed by atoms with Gasteiger partial charge in [-0.1, -0.05) is 0 Å². The zero-order valence-electron chi connectivity index (χ0n) is 16.3. The summed E-state index contributed by atoms with van der Waals surface area (Å²) in [6.45, 7) is 2.40. The largest absolute Gasteiger partial charge is 0.484 e. The summed E-state index contributed by atoms with van der Waals surface area (Å²) in [5.74, 6) is 0.0143. The van der Waals surface area contributed by atoms with Crippen LogP contribution in [0.4, 0.5) is 13.2 Å². The summed E-state index contributed by atoms with van der Waals surface area (Å²) in [6.07, 6.45) is 0.718. The van der Waals surface area contributed by atoms with Crippen LogP contribution in [0.2, 0.25) is 0 Å². The van der Waals surface area contributed by atoms with E-state index in [1.807, 2.05) is 19.9 Å². The molecule has 0 aromatic carbocycles. The second-order valence-electron chi connectivity index (χ2n) is 8.15. The number of nitrogens with zero attached hydrogens (tertiary/aromatic N) is 2. The van der Waals surface area contributed by atoms with Crippen molar-refractivity contribution in [3.05, 3.63) is 41.0 Å². The molecule has 2 fully saturated rings. The third-order valence-corrected chi connectivity index (χ3v) is 5.54. The SMILES string of the molecule is Cc1cc([C@@](C)(NC(=O)c2cc(OCC(F)(F)F)c(C3CC3)cn2)C2CC2)n[nH]1. The molecule has 2 aliphatic rings. The van der Waals surface area contributed by atoms with E-state index >= 15 is 0 Å². The van der Waals surface area contributed by atoms with E-state index in [1.54, 1.807) is 0 Å². The highest BCUT2D eigenvalue weighted by molar-refractivity contribution is 5.93. The Hall–Kier alpha value is -2.58. The Morgan fingerprint density at radius 1 is 1.28 bits per heavy atom. The molecule has 1 amide bonds. The smallest absolute Gasteiger partial charge is 0.422 e. The number of nitrogens with one attached hydrogen (secondary N) is 2. The van der Waals surface area contributed by atoms with E-state index in [2.05, 4.69) is 20.5 Å². The molecule has 2 aliphatic carbocycles. The minimum Gasteiger partial charge on any atom is -0.484 e. The van der Waals surface area contributed by atoms with Gasteiger partial charge in [0.2, 0.25) is 0 Å². The monoisotopic (exact) mass is 408 g/mol. The molecule has 9 heteroatoms. The Bertz CT molecular complexity index is 919. The molecule has 1 atom stereocenters. The molecule has 0 unspecified atom stereocenters. The van der Waals surface area contributed by atoms with E-state index in [0.717, 1.165) is 37.1 Å². The van der Waals surface area contributed by atoms with Gasteiger partial charge in [-0.15, -0.1) is 0 Å². The van der Waals surface area contributed by atoms with Crippen molar-refractivity contribution >= 4 is 5.91 Å². The van der Waals surface area contributed by atoms with Crippen LogP contribution in [0.25, 0.3) is 0 Å². The molecule has 0 saturated heterocycles. The molecule has 2 aromatic rings. The number of alkyl halides is 3. The number of pyridine rings is 1. The number of carbonyl (C=O) groups is 1. The molecule has 29 heavy (non-hydrogen) atoms. The van der Waals surface area contributed by atoms with Crippen LogP contribution in [0.1, 0.15) is 66.0 Å². The molecule has 0 bridgehead atoms. The van der Waals surface area contributed by atoms with Crippen molar-refractivity contribution in [2.75, 3.05) is 6.61 Å². The van der Waals surface area contributed by atoms with Gasteiger partial charge in [0.05, 0.1) is 11.2 Å². The van der Waals surface area contributed by atoms with Crippen molar-refractivity contribution < 1.29 is 22.7 Å². The van der Waals surface area contributed by atoms with E-state index in [-0.39, 0.29) is 23.3 Å². The van der Waals surface area contributed by atoms with Crippen LogP contribution in [0, 0.1) is 12.8 Å². The normalized spacial score (nSPS) is 18.9. The van der Waals surface area contributed by atoms with Crippen molar-refractivity contribution in [2.24, 2.45) is 5.92 Å². The Kier molecular flexibility index (Phi) is 4.78. The first-order valence-electron chi connectivity index (χ1n) is 9.70. The first-order valence-corrected chi connectivity index (χ1v) is 9.70. The summed E-state index contributed by atoms with van der Waals surface area (Å²) < 4.78 is 42.9. The van der Waals surface area contributed by atoms with Crippen molar-refractivity contribution in [1.82, 2.24) is 20.5 Å². The van der Waals surface area contributed by atoms with E-state index in [0.29, 0.717) is 5.56 Å². The molecule has 6 nitrogen and oxygen atoms in total. The standard InChI is InChI=1S/C20H23F3N4O2/c1-11-7-17(27-26-11)19(2,13-5-6-13)25-18(28)15-8-16(29-10-20(21,22)23)14(9-24-15)12-3-4-12/h7-9,12-13H,3-6,10H2,1-2H3,(H,25,28)(H,26,27)/t19-/m0/s1. The molecular weight excluding hydrogens is 385 g/mol. The zero-order valence-corrected chi connectivity index (χ0v) is 16.3. The predicted octanol–water partition coefficient (Wildman–Crippen LogP) is 3.99. The van der Waals surface area contributed by atoms with Crippen LogP contribution >= 0.6 is 0 Å². The summed E-state index contributed by atoms with van der Waals surface area (Å²) in [5.41, 5.74) is 1.60. The average Bonchev–Trinajstić information content (AvgIpc) is 3.57. The Morgan fingerprint density at radius 2 is 2.00 bits per heavy atom. The topological polar surface area (TPSA) is 79.9 Å². The summed E-state index contributed by atoms with van der Waals surface area (Å²) >= 11 is 0. The van der Waals surface area contributed by atoms with E-state index < -0.39 is 24.2 Å². The maximum Gasteiger partial charge on any atom is 0.422 e. The lowest BCUT2D eigenvalue weighted by Crippen LogP contribution is -2.46. The highest BCUT2D eigenvalue weighted by Gasteiger charge is 2.46. The molecule has 156 valence electrons. The Morgan fingerprint density at radius 3 is 2.55 bits per heavy atom. The van der Waals surface area contributed by atoms with E-state index in [4.69, 9.17) is 4.74 Å². The third kappa shape index (κ3) is 4.38. The number of halogens is 3. The molecule has 0 aliphatic heterocycles. The average molecular weight is 408 g/mol. The number of hydrogen-bond donors (Lipinski definition) is 2. The van der Waals surface area contributed by atoms with Crippen LogP contribution < -0.4 is 10.1 Å². The molecule has 0 spiro atoms. The van der Waals surface area contributed by atoms with Gasteiger partial charge in [-0.2, -0.15) is 18.3 Å². The lowest BCUT2D eigenvalue weighted by atomic mass is 9.91. The number of H-pyrrole nitrogens is 1. The molecule has 2 heterocycles. The van der Waals surface area contributed by atoms with Gasteiger partial charge in [0.15, 0.2) is 6.61 Å². The van der Waals surface area contributed by atoms with Crippen molar-refractivity contribution in [2.45, 2.75) is 57.2 Å². The molecule has 2 N–H and O–H groups in total. The number of carbonyl (C=O) groups excluding carboxylic acids is 1. The first kappa shape index (κ1) is 19.7. The number of aryl methyl sites for hydroxylation is 1. The van der Waals surface area contributed by atoms with Gasteiger partial charge in [-0.05, 0) is 57.4 Å². The van der Waals surface area contributed by atoms with Crippen LogP contribution in [-0.4, -0.2) is 33.9 Å². The van der Waals surface area contributed by atoms with Gasteiger partial charge in [-0.3, -0.25) is 14.9 Å². The summed E-state index contributed by atoms with van der Waals surface area (Å²) in [4.78, 5) is 17.1. The number of rotatable bonds is 7. The summed E-state index contributed by atoms with van der Waals surface area (Å²) in [7, 11) is 0. The van der Waals surface area contributed by atoms with Gasteiger partial charge < -0.3 is 10.1 Å².